The molecule has 152 valence electrons. The van der Waals surface area contributed by atoms with Crippen LogP contribution in [0.25, 0.3) is 0 Å². The van der Waals surface area contributed by atoms with Crippen molar-refractivity contribution in [1.82, 2.24) is 5.01 Å². The second kappa shape index (κ2) is 7.25. The molecule has 0 bridgehead atoms. The molecule has 6 nitrogen and oxygen atoms in total. The highest BCUT2D eigenvalue weighted by molar-refractivity contribution is 8.15. The number of benzene rings is 2. The fraction of sp³-hybridized carbons (Fsp3) is 0.316. The summed E-state index contributed by atoms with van der Waals surface area (Å²) in [6, 6.07) is 7.13. The van der Waals surface area contributed by atoms with Gasteiger partial charge in [0.25, 0.3) is 0 Å². The first-order valence-corrected chi connectivity index (χ1v) is 9.64. The lowest BCUT2D eigenvalue weighted by Crippen LogP contribution is -2.48. The van der Waals surface area contributed by atoms with Crippen LogP contribution in [0.15, 0.2) is 41.5 Å². The van der Waals surface area contributed by atoms with Crippen LogP contribution in [0.4, 0.5) is 13.2 Å². The molecule has 2 aliphatic rings. The molecule has 1 spiro atoms. The van der Waals surface area contributed by atoms with Crippen molar-refractivity contribution in [3.8, 4) is 5.75 Å². The SMILES string of the molecule is CN1N=C(c2cc(F)ccc2F)SC12c1cc(F)ccc1OCC2CC[N+](=O)[O-]. The van der Waals surface area contributed by atoms with Crippen LogP contribution < -0.4 is 4.74 Å². The Morgan fingerprint density at radius 2 is 2.00 bits per heavy atom. The van der Waals surface area contributed by atoms with E-state index in [9.17, 15) is 23.3 Å². The second-order valence-corrected chi connectivity index (χ2v) is 8.06. The molecule has 0 amide bonds. The summed E-state index contributed by atoms with van der Waals surface area (Å²) in [4.78, 5) is 9.49. The Kier molecular flexibility index (Phi) is 4.89. The average Bonchev–Trinajstić information content (AvgIpc) is 3.01. The summed E-state index contributed by atoms with van der Waals surface area (Å²) in [5.74, 6) is -1.76. The summed E-state index contributed by atoms with van der Waals surface area (Å²) < 4.78 is 47.9. The number of halogens is 3. The van der Waals surface area contributed by atoms with E-state index in [0.29, 0.717) is 11.3 Å². The lowest BCUT2D eigenvalue weighted by Gasteiger charge is -2.44. The van der Waals surface area contributed by atoms with Crippen LogP contribution in [-0.4, -0.2) is 35.2 Å². The molecule has 0 saturated carbocycles. The minimum atomic E-state index is -1.04. The first-order chi connectivity index (χ1) is 13.8. The molecule has 4 rings (SSSR count). The van der Waals surface area contributed by atoms with E-state index in [0.717, 1.165) is 30.0 Å². The second-order valence-electron chi connectivity index (χ2n) is 6.84. The lowest BCUT2D eigenvalue weighted by atomic mass is 9.87. The third kappa shape index (κ3) is 3.31. The lowest BCUT2D eigenvalue weighted by molar-refractivity contribution is -0.482. The van der Waals surface area contributed by atoms with Crippen LogP contribution in [0.3, 0.4) is 0 Å². The topological polar surface area (TPSA) is 68.0 Å². The smallest absolute Gasteiger partial charge is 0.204 e. The summed E-state index contributed by atoms with van der Waals surface area (Å²) in [6.07, 6.45) is 0.148. The zero-order chi connectivity index (χ0) is 20.8. The van der Waals surface area contributed by atoms with E-state index < -0.39 is 33.2 Å². The van der Waals surface area contributed by atoms with Crippen LogP contribution in [0.5, 0.6) is 5.75 Å². The maximum atomic E-state index is 14.4. The molecule has 2 heterocycles. The molecule has 2 aromatic rings. The number of thioether (sulfide) groups is 1. The van der Waals surface area contributed by atoms with Gasteiger partial charge < -0.3 is 4.74 Å². The van der Waals surface area contributed by atoms with Gasteiger partial charge in [-0.1, -0.05) is 11.8 Å². The molecular weight excluding hydrogens is 407 g/mol. The summed E-state index contributed by atoms with van der Waals surface area (Å²) in [5, 5.41) is 17.1. The largest absolute Gasteiger partial charge is 0.493 e. The summed E-state index contributed by atoms with van der Waals surface area (Å²) in [6.45, 7) is -0.156. The highest BCUT2D eigenvalue weighted by Gasteiger charge is 2.54. The van der Waals surface area contributed by atoms with Gasteiger partial charge in [0.1, 0.15) is 33.1 Å². The number of nitrogens with zero attached hydrogens (tertiary/aromatic N) is 3. The van der Waals surface area contributed by atoms with Gasteiger partial charge in [-0.05, 0) is 36.4 Å². The van der Waals surface area contributed by atoms with Crippen molar-refractivity contribution >= 4 is 16.8 Å². The molecule has 0 N–H and O–H groups in total. The average molecular weight is 423 g/mol. The van der Waals surface area contributed by atoms with Crippen LogP contribution in [0, 0.1) is 33.5 Å². The molecule has 2 aromatic carbocycles. The van der Waals surface area contributed by atoms with Gasteiger partial charge >= 0.3 is 0 Å². The molecule has 2 aliphatic heterocycles. The molecule has 2 atom stereocenters. The van der Waals surface area contributed by atoms with Gasteiger partial charge in [0, 0.05) is 35.4 Å². The third-order valence-corrected chi connectivity index (χ3v) is 6.74. The number of ether oxygens (including phenoxy) is 1. The van der Waals surface area contributed by atoms with Crippen LogP contribution >= 0.6 is 11.8 Å². The minimum Gasteiger partial charge on any atom is -0.493 e. The van der Waals surface area contributed by atoms with Crippen LogP contribution in [0.1, 0.15) is 17.5 Å². The van der Waals surface area contributed by atoms with Gasteiger partial charge in [-0.2, -0.15) is 5.10 Å². The normalized spacial score (nSPS) is 23.0. The number of nitro groups is 1. The monoisotopic (exact) mass is 423 g/mol. The maximum Gasteiger partial charge on any atom is 0.204 e. The van der Waals surface area contributed by atoms with E-state index in [2.05, 4.69) is 5.10 Å². The first-order valence-electron chi connectivity index (χ1n) is 8.83. The summed E-state index contributed by atoms with van der Waals surface area (Å²) >= 11 is 1.13. The van der Waals surface area contributed by atoms with E-state index >= 15 is 0 Å². The molecule has 0 aliphatic carbocycles. The fourth-order valence-electron chi connectivity index (χ4n) is 3.76. The zero-order valence-electron chi connectivity index (χ0n) is 15.3. The van der Waals surface area contributed by atoms with Crippen molar-refractivity contribution in [2.75, 3.05) is 20.2 Å². The Morgan fingerprint density at radius 1 is 1.28 bits per heavy atom. The van der Waals surface area contributed by atoms with E-state index in [1.807, 2.05) is 0 Å². The number of hydrogen-bond acceptors (Lipinski definition) is 6. The fourth-order valence-corrected chi connectivity index (χ4v) is 5.28. The van der Waals surface area contributed by atoms with E-state index in [1.165, 1.54) is 18.2 Å². The molecule has 0 saturated heterocycles. The van der Waals surface area contributed by atoms with Crippen LogP contribution in [-0.2, 0) is 4.87 Å². The molecule has 0 fully saturated rings. The van der Waals surface area contributed by atoms with Gasteiger partial charge in [-0.25, -0.2) is 13.2 Å². The van der Waals surface area contributed by atoms with Crippen molar-refractivity contribution in [3.05, 3.63) is 75.1 Å². The van der Waals surface area contributed by atoms with Gasteiger partial charge in [-0.3, -0.25) is 15.1 Å². The molecule has 10 heteroatoms. The number of rotatable bonds is 4. The van der Waals surface area contributed by atoms with Crippen molar-refractivity contribution in [2.24, 2.45) is 11.0 Å². The van der Waals surface area contributed by atoms with Gasteiger partial charge in [0.05, 0.1) is 6.61 Å². The molecular formula is C19H16F3N3O3S. The van der Waals surface area contributed by atoms with Crippen molar-refractivity contribution in [1.29, 1.82) is 0 Å². The van der Waals surface area contributed by atoms with Gasteiger partial charge in [0.2, 0.25) is 6.54 Å². The van der Waals surface area contributed by atoms with Crippen LogP contribution in [0.2, 0.25) is 0 Å². The van der Waals surface area contributed by atoms with Crippen molar-refractivity contribution in [3.63, 3.8) is 0 Å². The standard InChI is InChI=1S/C19H16F3N3O3S/c1-24-19(29-18(23-24)14-8-12(20)2-4-16(14)22)11(6-7-25(26)27)10-28-17-5-3-13(21)9-15(17)19/h2-5,8-9,11H,6-7,10H2,1H3. The Morgan fingerprint density at radius 3 is 2.76 bits per heavy atom. The Hall–Kier alpha value is -2.75. The van der Waals surface area contributed by atoms with Crippen molar-refractivity contribution < 1.29 is 22.8 Å². The molecule has 0 radical (unpaired) electrons. The third-order valence-electron chi connectivity index (χ3n) is 5.11. The highest BCUT2D eigenvalue weighted by Crippen LogP contribution is 2.57. The van der Waals surface area contributed by atoms with Gasteiger partial charge in [-0.15, -0.1) is 0 Å². The van der Waals surface area contributed by atoms with E-state index in [1.54, 1.807) is 12.1 Å². The van der Waals surface area contributed by atoms with Gasteiger partial charge in [0.15, 0.2) is 0 Å². The maximum absolute atomic E-state index is 14.4. The minimum absolute atomic E-state index is 0.0174. The van der Waals surface area contributed by atoms with Crippen molar-refractivity contribution in [2.45, 2.75) is 11.3 Å². The predicted octanol–water partition coefficient (Wildman–Crippen LogP) is 3.97. The summed E-state index contributed by atoms with van der Waals surface area (Å²) in [5.41, 5.74) is 0.441. The number of fused-ring (bicyclic) bond motifs is 2. The molecule has 2 unspecified atom stereocenters. The molecule has 0 aromatic heterocycles. The quantitative estimate of drug-likeness (QED) is 0.550. The molecule has 29 heavy (non-hydrogen) atoms. The Bertz CT molecular complexity index is 1020. The number of hydrazone groups is 1. The zero-order valence-corrected chi connectivity index (χ0v) is 16.1. The number of hydrogen-bond donors (Lipinski definition) is 0. The Balaban J connectivity index is 1.81. The Labute approximate surface area is 168 Å². The first kappa shape index (κ1) is 19.6. The van der Waals surface area contributed by atoms with E-state index in [4.69, 9.17) is 4.74 Å². The van der Waals surface area contributed by atoms with E-state index in [-0.39, 0.29) is 30.2 Å². The highest BCUT2D eigenvalue weighted by atomic mass is 32.2. The summed E-state index contributed by atoms with van der Waals surface area (Å²) in [7, 11) is 1.64. The predicted molar refractivity (Wildman–Crippen MR) is 102 cm³/mol.